The molecule has 0 fully saturated rings. The number of halogens is 1. The standard InChI is InChI=1S/C9H11FN2O2/c1-14-5-8(11)9(13)6-2-7(10)4-12-3-6/h2-4,8H,5,11H2,1H3. The fourth-order valence-corrected chi connectivity index (χ4v) is 1.02. The van der Waals surface area contributed by atoms with Gasteiger partial charge < -0.3 is 10.5 Å². The normalized spacial score (nSPS) is 12.5. The van der Waals surface area contributed by atoms with Crippen LogP contribution in [0.15, 0.2) is 18.5 Å². The van der Waals surface area contributed by atoms with Crippen LogP contribution in [0.1, 0.15) is 10.4 Å². The molecule has 0 bridgehead atoms. The number of nitrogens with two attached hydrogens (primary N) is 1. The van der Waals surface area contributed by atoms with Gasteiger partial charge in [-0.1, -0.05) is 0 Å². The fraction of sp³-hybridized carbons (Fsp3) is 0.333. The van der Waals surface area contributed by atoms with Crippen molar-refractivity contribution < 1.29 is 13.9 Å². The molecule has 0 saturated heterocycles. The number of ketones is 1. The first kappa shape index (κ1) is 10.7. The molecule has 5 heteroatoms. The Morgan fingerprint density at radius 3 is 3.00 bits per heavy atom. The van der Waals surface area contributed by atoms with E-state index in [4.69, 9.17) is 10.5 Å². The molecular formula is C9H11FN2O2. The third-order valence-corrected chi connectivity index (χ3v) is 1.67. The molecule has 1 atom stereocenters. The van der Waals surface area contributed by atoms with Crippen molar-refractivity contribution in [3.8, 4) is 0 Å². The average Bonchev–Trinajstić information content (AvgIpc) is 2.17. The molecule has 1 aromatic rings. The Bertz CT molecular complexity index is 330. The molecule has 0 aliphatic rings. The predicted molar refractivity (Wildman–Crippen MR) is 48.4 cm³/mol. The molecule has 0 amide bonds. The minimum atomic E-state index is -0.774. The van der Waals surface area contributed by atoms with E-state index in [-0.39, 0.29) is 18.0 Å². The molecule has 4 nitrogen and oxygen atoms in total. The summed E-state index contributed by atoms with van der Waals surface area (Å²) in [6.45, 7) is 0.106. The number of pyridine rings is 1. The van der Waals surface area contributed by atoms with Gasteiger partial charge in [0.25, 0.3) is 0 Å². The smallest absolute Gasteiger partial charge is 0.183 e. The van der Waals surface area contributed by atoms with Gasteiger partial charge in [-0.2, -0.15) is 0 Å². The summed E-state index contributed by atoms with van der Waals surface area (Å²) < 4.78 is 17.4. The highest BCUT2D eigenvalue weighted by molar-refractivity contribution is 5.99. The first-order chi connectivity index (χ1) is 6.65. The topological polar surface area (TPSA) is 65.2 Å². The van der Waals surface area contributed by atoms with Gasteiger partial charge in [-0.05, 0) is 6.07 Å². The van der Waals surface area contributed by atoms with Crippen molar-refractivity contribution in [1.29, 1.82) is 0 Å². The van der Waals surface area contributed by atoms with Crippen LogP contribution in [0, 0.1) is 5.82 Å². The van der Waals surface area contributed by atoms with Crippen LogP contribution in [0.4, 0.5) is 4.39 Å². The number of aromatic nitrogens is 1. The van der Waals surface area contributed by atoms with E-state index in [1.807, 2.05) is 0 Å². The Kier molecular flexibility index (Phi) is 3.67. The lowest BCUT2D eigenvalue weighted by Crippen LogP contribution is -2.34. The van der Waals surface area contributed by atoms with Crippen LogP contribution in [0.25, 0.3) is 0 Å². The van der Waals surface area contributed by atoms with Gasteiger partial charge in [-0.3, -0.25) is 9.78 Å². The van der Waals surface area contributed by atoms with Gasteiger partial charge in [0, 0.05) is 18.9 Å². The number of nitrogens with zero attached hydrogens (tertiary/aromatic N) is 1. The summed E-state index contributed by atoms with van der Waals surface area (Å²) in [6, 6.07) is 0.328. The number of ether oxygens (including phenoxy) is 1. The third kappa shape index (κ3) is 2.58. The minimum Gasteiger partial charge on any atom is -0.383 e. The molecule has 0 aromatic carbocycles. The third-order valence-electron chi connectivity index (χ3n) is 1.67. The van der Waals surface area contributed by atoms with Crippen molar-refractivity contribution in [3.05, 3.63) is 29.8 Å². The molecule has 0 saturated carbocycles. The highest BCUT2D eigenvalue weighted by Crippen LogP contribution is 2.03. The molecule has 1 heterocycles. The highest BCUT2D eigenvalue weighted by atomic mass is 19.1. The van der Waals surface area contributed by atoms with E-state index in [1.54, 1.807) is 0 Å². The zero-order valence-electron chi connectivity index (χ0n) is 7.74. The van der Waals surface area contributed by atoms with E-state index in [9.17, 15) is 9.18 Å². The second-order valence-corrected chi connectivity index (χ2v) is 2.82. The van der Waals surface area contributed by atoms with Gasteiger partial charge in [0.1, 0.15) is 5.82 Å². The van der Waals surface area contributed by atoms with Crippen LogP contribution in [0.3, 0.4) is 0 Å². The lowest BCUT2D eigenvalue weighted by atomic mass is 10.1. The first-order valence-electron chi connectivity index (χ1n) is 4.04. The Morgan fingerprint density at radius 1 is 1.71 bits per heavy atom. The van der Waals surface area contributed by atoms with Crippen molar-refractivity contribution in [1.82, 2.24) is 4.98 Å². The van der Waals surface area contributed by atoms with E-state index in [0.717, 1.165) is 12.3 Å². The van der Waals surface area contributed by atoms with E-state index in [0.29, 0.717) is 0 Å². The summed E-state index contributed by atoms with van der Waals surface area (Å²) >= 11 is 0. The molecule has 76 valence electrons. The Labute approximate surface area is 80.9 Å². The SMILES string of the molecule is COCC(N)C(=O)c1cncc(F)c1. The largest absolute Gasteiger partial charge is 0.383 e. The maximum Gasteiger partial charge on any atom is 0.183 e. The summed E-state index contributed by atoms with van der Waals surface area (Å²) in [5.41, 5.74) is 5.65. The molecule has 1 rings (SSSR count). The van der Waals surface area contributed by atoms with Gasteiger partial charge in [0.2, 0.25) is 0 Å². The Hall–Kier alpha value is -1.33. The van der Waals surface area contributed by atoms with E-state index in [2.05, 4.69) is 4.98 Å². The van der Waals surface area contributed by atoms with Gasteiger partial charge in [0.15, 0.2) is 5.78 Å². The van der Waals surface area contributed by atoms with Gasteiger partial charge in [-0.15, -0.1) is 0 Å². The summed E-state index contributed by atoms with van der Waals surface area (Å²) in [7, 11) is 1.44. The van der Waals surface area contributed by atoms with Crippen molar-refractivity contribution in [2.75, 3.05) is 13.7 Å². The quantitative estimate of drug-likeness (QED) is 0.710. The average molecular weight is 198 g/mol. The number of carbonyl (C=O) groups excluding carboxylic acids is 1. The molecule has 1 unspecified atom stereocenters. The monoisotopic (exact) mass is 198 g/mol. The predicted octanol–water partition coefficient (Wildman–Crippen LogP) is 0.377. The number of Topliss-reactive ketones (excluding diaryl/α,β-unsaturated/α-hetero) is 1. The second-order valence-electron chi connectivity index (χ2n) is 2.82. The van der Waals surface area contributed by atoms with Gasteiger partial charge in [0.05, 0.1) is 18.8 Å². The molecule has 0 aliphatic heterocycles. The van der Waals surface area contributed by atoms with Crippen LogP contribution in [-0.4, -0.2) is 30.5 Å². The lowest BCUT2D eigenvalue weighted by Gasteiger charge is -2.08. The van der Waals surface area contributed by atoms with Crippen LogP contribution < -0.4 is 5.73 Å². The van der Waals surface area contributed by atoms with Crippen molar-refractivity contribution in [2.45, 2.75) is 6.04 Å². The van der Waals surface area contributed by atoms with Crippen LogP contribution in [0.5, 0.6) is 0 Å². The number of hydrogen-bond acceptors (Lipinski definition) is 4. The maximum absolute atomic E-state index is 12.7. The second kappa shape index (κ2) is 4.78. The molecule has 2 N–H and O–H groups in total. The molecule has 0 spiro atoms. The Balaban J connectivity index is 2.78. The molecule has 14 heavy (non-hydrogen) atoms. The number of rotatable bonds is 4. The van der Waals surface area contributed by atoms with Crippen LogP contribution >= 0.6 is 0 Å². The summed E-state index contributed by atoms with van der Waals surface area (Å²) in [4.78, 5) is 15.0. The number of carbonyl (C=O) groups is 1. The Morgan fingerprint density at radius 2 is 2.43 bits per heavy atom. The van der Waals surface area contributed by atoms with Gasteiger partial charge in [-0.25, -0.2) is 4.39 Å². The summed E-state index contributed by atoms with van der Waals surface area (Å²) in [5, 5.41) is 0. The number of hydrogen-bond donors (Lipinski definition) is 1. The van der Waals surface area contributed by atoms with Crippen LogP contribution in [-0.2, 0) is 4.74 Å². The van der Waals surface area contributed by atoms with Crippen LogP contribution in [0.2, 0.25) is 0 Å². The van der Waals surface area contributed by atoms with E-state index >= 15 is 0 Å². The summed E-state index contributed by atoms with van der Waals surface area (Å²) in [6.07, 6.45) is 2.31. The molecule has 0 aliphatic carbocycles. The summed E-state index contributed by atoms with van der Waals surface area (Å²) in [5.74, 6) is -0.931. The zero-order chi connectivity index (χ0) is 10.6. The van der Waals surface area contributed by atoms with Crippen molar-refractivity contribution in [2.24, 2.45) is 5.73 Å². The molecule has 1 aromatic heterocycles. The lowest BCUT2D eigenvalue weighted by molar-refractivity contribution is 0.0891. The molecular weight excluding hydrogens is 187 g/mol. The highest BCUT2D eigenvalue weighted by Gasteiger charge is 2.15. The number of methoxy groups -OCH3 is 1. The maximum atomic E-state index is 12.7. The molecule has 0 radical (unpaired) electrons. The van der Waals surface area contributed by atoms with Gasteiger partial charge >= 0.3 is 0 Å². The van der Waals surface area contributed by atoms with E-state index < -0.39 is 11.9 Å². The van der Waals surface area contributed by atoms with E-state index in [1.165, 1.54) is 13.3 Å². The van der Waals surface area contributed by atoms with Crippen molar-refractivity contribution in [3.63, 3.8) is 0 Å². The fourth-order valence-electron chi connectivity index (χ4n) is 1.02. The minimum absolute atomic E-state index is 0.106. The zero-order valence-corrected chi connectivity index (χ0v) is 7.74. The first-order valence-corrected chi connectivity index (χ1v) is 4.04. The van der Waals surface area contributed by atoms with Crippen molar-refractivity contribution >= 4 is 5.78 Å².